The third kappa shape index (κ3) is 2.69. The fourth-order valence-corrected chi connectivity index (χ4v) is 3.53. The molecule has 4 heteroatoms. The van der Waals surface area contributed by atoms with Gasteiger partial charge in [0.15, 0.2) is 0 Å². The predicted molar refractivity (Wildman–Crippen MR) is 69.4 cm³/mol. The van der Waals surface area contributed by atoms with Gasteiger partial charge in [0.2, 0.25) is 0 Å². The van der Waals surface area contributed by atoms with Crippen LogP contribution in [-0.4, -0.2) is 45.3 Å². The number of aliphatic carboxylic acids is 1. The van der Waals surface area contributed by atoms with Crippen molar-refractivity contribution < 1.29 is 15.0 Å². The average molecular weight is 255 g/mol. The number of carboxylic acids is 1. The van der Waals surface area contributed by atoms with Crippen LogP contribution in [0.15, 0.2) is 0 Å². The maximum atomic E-state index is 11.4. The zero-order valence-corrected chi connectivity index (χ0v) is 11.4. The van der Waals surface area contributed by atoms with Gasteiger partial charge in [-0.3, -0.25) is 9.69 Å². The highest BCUT2D eigenvalue weighted by Crippen LogP contribution is 2.40. The molecule has 1 heterocycles. The van der Waals surface area contributed by atoms with Crippen LogP contribution < -0.4 is 0 Å². The van der Waals surface area contributed by atoms with E-state index >= 15 is 0 Å². The highest BCUT2D eigenvalue weighted by atomic mass is 16.4. The van der Waals surface area contributed by atoms with E-state index in [4.69, 9.17) is 0 Å². The van der Waals surface area contributed by atoms with Crippen molar-refractivity contribution in [3.8, 4) is 0 Å². The van der Waals surface area contributed by atoms with Gasteiger partial charge in [-0.15, -0.1) is 0 Å². The number of carboxylic acid groups (broad SMARTS) is 1. The molecule has 2 fully saturated rings. The quantitative estimate of drug-likeness (QED) is 0.805. The molecule has 0 aromatic heterocycles. The molecule has 1 saturated heterocycles. The minimum Gasteiger partial charge on any atom is -0.480 e. The second kappa shape index (κ2) is 5.17. The monoisotopic (exact) mass is 255 g/mol. The van der Waals surface area contributed by atoms with Gasteiger partial charge in [0.25, 0.3) is 0 Å². The van der Waals surface area contributed by atoms with E-state index in [2.05, 4.69) is 4.90 Å². The number of fused-ring (bicyclic) bond motifs is 1. The number of nitrogens with zero attached hydrogens (tertiary/aromatic N) is 1. The van der Waals surface area contributed by atoms with Crippen molar-refractivity contribution in [2.45, 2.75) is 70.1 Å². The summed E-state index contributed by atoms with van der Waals surface area (Å²) in [6.45, 7) is 4.24. The fourth-order valence-electron chi connectivity index (χ4n) is 3.53. The molecule has 0 amide bonds. The molecule has 4 atom stereocenters. The molecule has 2 N–H and O–H groups in total. The maximum Gasteiger partial charge on any atom is 0.320 e. The van der Waals surface area contributed by atoms with Crippen molar-refractivity contribution in [1.29, 1.82) is 0 Å². The molecule has 1 saturated carbocycles. The number of aliphatic hydroxyl groups is 1. The molecule has 1 aliphatic heterocycles. The zero-order valence-electron chi connectivity index (χ0n) is 11.4. The summed E-state index contributed by atoms with van der Waals surface area (Å²) in [4.78, 5) is 13.5. The molecular formula is C14H25NO3. The number of likely N-dealkylation sites (tertiary alicyclic amines) is 1. The zero-order chi connectivity index (χ0) is 13.3. The Hall–Kier alpha value is -0.610. The van der Waals surface area contributed by atoms with Crippen LogP contribution in [0.3, 0.4) is 0 Å². The van der Waals surface area contributed by atoms with E-state index in [9.17, 15) is 15.0 Å². The van der Waals surface area contributed by atoms with Gasteiger partial charge in [-0.05, 0) is 38.5 Å². The summed E-state index contributed by atoms with van der Waals surface area (Å²) in [5, 5.41) is 19.6. The number of carbonyl (C=O) groups is 1. The van der Waals surface area contributed by atoms with Crippen molar-refractivity contribution in [2.75, 3.05) is 6.54 Å². The Morgan fingerprint density at radius 2 is 2.06 bits per heavy atom. The summed E-state index contributed by atoms with van der Waals surface area (Å²) in [6.07, 6.45) is 6.09. The molecule has 0 bridgehead atoms. The molecule has 4 nitrogen and oxygen atoms in total. The number of rotatable bonds is 4. The van der Waals surface area contributed by atoms with Gasteiger partial charge in [-0.2, -0.15) is 0 Å². The van der Waals surface area contributed by atoms with E-state index in [0.29, 0.717) is 24.9 Å². The van der Waals surface area contributed by atoms with Crippen LogP contribution in [0.25, 0.3) is 0 Å². The van der Waals surface area contributed by atoms with Gasteiger partial charge < -0.3 is 10.2 Å². The lowest BCUT2D eigenvalue weighted by molar-refractivity contribution is -0.143. The Balaban J connectivity index is 2.14. The van der Waals surface area contributed by atoms with E-state index in [-0.39, 0.29) is 0 Å². The summed E-state index contributed by atoms with van der Waals surface area (Å²) < 4.78 is 0. The van der Waals surface area contributed by atoms with Crippen LogP contribution in [0, 0.1) is 5.92 Å². The first-order valence-electron chi connectivity index (χ1n) is 7.15. The molecule has 0 spiro atoms. The maximum absolute atomic E-state index is 11.4. The normalized spacial score (nSPS) is 36.1. The minimum atomic E-state index is -0.778. The van der Waals surface area contributed by atoms with Crippen molar-refractivity contribution in [1.82, 2.24) is 4.90 Å². The summed E-state index contributed by atoms with van der Waals surface area (Å²) in [5.74, 6) is -0.205. The lowest BCUT2D eigenvalue weighted by Crippen LogP contribution is -2.49. The smallest absolute Gasteiger partial charge is 0.320 e. The second-order valence-corrected chi connectivity index (χ2v) is 6.22. The van der Waals surface area contributed by atoms with Gasteiger partial charge in [0.05, 0.1) is 5.60 Å². The predicted octanol–water partition coefficient (Wildman–Crippen LogP) is 1.87. The molecule has 1 aliphatic carbocycles. The molecular weight excluding hydrogens is 230 g/mol. The fraction of sp³-hybridized carbons (Fsp3) is 0.929. The van der Waals surface area contributed by atoms with Crippen molar-refractivity contribution in [3.63, 3.8) is 0 Å². The number of hydrogen-bond donors (Lipinski definition) is 2. The molecule has 0 aromatic carbocycles. The summed E-state index contributed by atoms with van der Waals surface area (Å²) >= 11 is 0. The van der Waals surface area contributed by atoms with Crippen LogP contribution in [-0.2, 0) is 4.79 Å². The van der Waals surface area contributed by atoms with Gasteiger partial charge in [-0.25, -0.2) is 0 Å². The van der Waals surface area contributed by atoms with E-state index in [1.165, 1.54) is 12.8 Å². The third-order valence-corrected chi connectivity index (χ3v) is 4.79. The Bertz CT molecular complexity index is 316. The van der Waals surface area contributed by atoms with Crippen LogP contribution >= 0.6 is 0 Å². The van der Waals surface area contributed by atoms with Crippen molar-refractivity contribution in [2.24, 2.45) is 5.92 Å². The van der Waals surface area contributed by atoms with Crippen LogP contribution in [0.4, 0.5) is 0 Å². The highest BCUT2D eigenvalue weighted by Gasteiger charge is 2.46. The van der Waals surface area contributed by atoms with Gasteiger partial charge >= 0.3 is 5.97 Å². The largest absolute Gasteiger partial charge is 0.480 e. The second-order valence-electron chi connectivity index (χ2n) is 6.22. The topological polar surface area (TPSA) is 60.8 Å². The summed E-state index contributed by atoms with van der Waals surface area (Å²) in [7, 11) is 0. The Morgan fingerprint density at radius 1 is 1.39 bits per heavy atom. The number of hydrogen-bond acceptors (Lipinski definition) is 3. The molecule has 104 valence electrons. The van der Waals surface area contributed by atoms with Crippen LogP contribution in [0.5, 0.6) is 0 Å². The lowest BCUT2D eigenvalue weighted by atomic mass is 9.84. The standard InChI is InChI=1S/C14H25NO3/c1-3-14(2,18)9-15-11-7-5-4-6-10(11)8-12(15)13(16)17/h10-12,18H,3-9H2,1-2H3,(H,16,17). The average Bonchev–Trinajstić information content (AvgIpc) is 2.68. The van der Waals surface area contributed by atoms with E-state index < -0.39 is 17.6 Å². The van der Waals surface area contributed by atoms with Crippen LogP contribution in [0.1, 0.15) is 52.4 Å². The third-order valence-electron chi connectivity index (χ3n) is 4.79. The first-order valence-corrected chi connectivity index (χ1v) is 7.15. The molecule has 18 heavy (non-hydrogen) atoms. The van der Waals surface area contributed by atoms with Crippen molar-refractivity contribution in [3.05, 3.63) is 0 Å². The first kappa shape index (κ1) is 13.8. The first-order chi connectivity index (χ1) is 8.44. The minimum absolute atomic E-state index is 0.373. The van der Waals surface area contributed by atoms with E-state index in [1.54, 1.807) is 0 Å². The van der Waals surface area contributed by atoms with Crippen LogP contribution in [0.2, 0.25) is 0 Å². The highest BCUT2D eigenvalue weighted by molar-refractivity contribution is 5.74. The van der Waals surface area contributed by atoms with Gasteiger partial charge in [-0.1, -0.05) is 19.8 Å². The summed E-state index contributed by atoms with van der Waals surface area (Å²) in [6, 6.07) is -0.0194. The lowest BCUT2D eigenvalue weighted by Gasteiger charge is -2.37. The van der Waals surface area contributed by atoms with Gasteiger partial charge in [0.1, 0.15) is 6.04 Å². The Morgan fingerprint density at radius 3 is 2.67 bits per heavy atom. The molecule has 0 radical (unpaired) electrons. The Kier molecular flexibility index (Phi) is 3.97. The molecule has 2 rings (SSSR count). The number of β-amino-alcohol motifs (C(OH)–C–C–N with tert-alkyl or cyclic N) is 1. The molecule has 2 aliphatic rings. The summed E-state index contributed by atoms with van der Waals surface area (Å²) in [5.41, 5.74) is -0.778. The van der Waals surface area contributed by atoms with Gasteiger partial charge in [0, 0.05) is 12.6 Å². The van der Waals surface area contributed by atoms with Crippen molar-refractivity contribution >= 4 is 5.97 Å². The molecule has 0 aromatic rings. The SMILES string of the molecule is CCC(C)(O)CN1C(C(=O)O)CC2CCCCC21. The van der Waals surface area contributed by atoms with E-state index in [1.807, 2.05) is 13.8 Å². The van der Waals surface area contributed by atoms with E-state index in [0.717, 1.165) is 19.3 Å². The Labute approximate surface area is 109 Å². The molecule has 4 unspecified atom stereocenters.